The molecule has 0 atom stereocenters. The van der Waals surface area contributed by atoms with Crippen LogP contribution < -0.4 is 0 Å². The van der Waals surface area contributed by atoms with E-state index in [0.29, 0.717) is 0 Å². The van der Waals surface area contributed by atoms with Crippen molar-refractivity contribution in [3.63, 3.8) is 0 Å². The van der Waals surface area contributed by atoms with E-state index in [2.05, 4.69) is 0 Å². The van der Waals surface area contributed by atoms with Crippen LogP contribution in [0.15, 0.2) is 0 Å². The van der Waals surface area contributed by atoms with Gasteiger partial charge in [0.25, 0.3) is 0 Å². The van der Waals surface area contributed by atoms with E-state index in [4.69, 9.17) is 29.6 Å². The Morgan fingerprint density at radius 3 is 0.722 bits per heavy atom. The molecule has 7 nitrogen and oxygen atoms in total. The molecule has 0 aromatic rings. The van der Waals surface area contributed by atoms with Gasteiger partial charge < -0.3 is 9.11 Å². The molecule has 0 rings (SSSR count). The predicted octanol–water partition coefficient (Wildman–Crippen LogP) is -0.0185. The minimum atomic E-state index is -6.09. The molecule has 0 aromatic carbocycles. The van der Waals surface area contributed by atoms with Crippen molar-refractivity contribution in [2.75, 3.05) is 0 Å². The van der Waals surface area contributed by atoms with Gasteiger partial charge in [0.05, 0.1) is 0 Å². The van der Waals surface area contributed by atoms with Crippen LogP contribution in [-0.4, -0.2) is 37.0 Å². The summed E-state index contributed by atoms with van der Waals surface area (Å²) in [5.74, 6) is 0. The zero-order valence-corrected chi connectivity index (χ0v) is 10.4. The summed E-state index contributed by atoms with van der Waals surface area (Å²) in [5, 5.41) is 0. The molecule has 0 saturated heterocycles. The van der Waals surface area contributed by atoms with Gasteiger partial charge in [-0.1, -0.05) is 0 Å². The fourth-order valence-electron chi connectivity index (χ4n) is 0. The quantitative estimate of drug-likeness (QED) is 0.335. The number of alkyl halides is 6. The Hall–Kier alpha value is -0.216. The zero-order chi connectivity index (χ0) is 16.0. The molecule has 0 fully saturated rings. The van der Waals surface area contributed by atoms with Crippen molar-refractivity contribution in [1.29, 1.82) is 0 Å². The molecule has 0 unspecified atom stereocenters. The van der Waals surface area contributed by atoms with Gasteiger partial charge >= 0.3 is 32.1 Å². The molecule has 109 valence electrons. The number of halogens is 6. The maximum absolute atomic E-state index is 10.7. The van der Waals surface area contributed by atoms with Crippen molar-refractivity contribution in [3.05, 3.63) is 0 Å². The molecule has 0 spiro atoms. The zero-order valence-electron chi connectivity index (χ0n) is 7.39. The second-order valence-electron chi connectivity index (χ2n) is 1.80. The Morgan fingerprint density at radius 1 is 0.667 bits per heavy atom. The second-order valence-corrected chi connectivity index (χ2v) is 4.54. The van der Waals surface area contributed by atoms with Crippen LogP contribution in [0.25, 0.3) is 0 Å². The maximum atomic E-state index is 10.7. The molecule has 0 aliphatic rings. The predicted molar refractivity (Wildman–Crippen MR) is 32.2 cm³/mol. The average Bonchev–Trinajstić information content (AvgIpc) is 2.01. The van der Waals surface area contributed by atoms with Crippen molar-refractivity contribution in [2.45, 2.75) is 11.0 Å². The first-order valence-electron chi connectivity index (χ1n) is 2.72. The summed E-state index contributed by atoms with van der Waals surface area (Å²) in [4.78, 5) is 0. The third kappa shape index (κ3) is 10.9. The Balaban J connectivity index is -0.000000219. The van der Waals surface area contributed by atoms with Crippen LogP contribution >= 0.6 is 0 Å². The summed E-state index contributed by atoms with van der Waals surface area (Å²) in [5.41, 5.74) is -11.3. The molecule has 0 aromatic heterocycles. The standard InChI is InChI=1S/2CHF3O3S.O.V/c2*2-1(3,4)8(5,6)7;;/h2*(H,5,6,7);;/q;;;+2/p-2. The van der Waals surface area contributed by atoms with E-state index in [-0.39, 0.29) is 0 Å². The minimum absolute atomic E-state index is 1.06. The van der Waals surface area contributed by atoms with Crippen LogP contribution in [0, 0.1) is 0 Å². The van der Waals surface area contributed by atoms with Crippen LogP contribution in [0.4, 0.5) is 26.3 Å². The van der Waals surface area contributed by atoms with Crippen molar-refractivity contribution < 1.29 is 73.3 Å². The van der Waals surface area contributed by atoms with Gasteiger partial charge in [0, 0.05) is 0 Å². The Bertz CT molecular complexity index is 390. The fraction of sp³-hybridized carbons (Fsp3) is 1.00. The molecule has 0 saturated carbocycles. The molecule has 0 heterocycles. The summed E-state index contributed by atoms with van der Waals surface area (Å²) in [7, 11) is -12.2. The Morgan fingerprint density at radius 2 is 0.722 bits per heavy atom. The summed E-state index contributed by atoms with van der Waals surface area (Å²) >= 11 is 1.06. The van der Waals surface area contributed by atoms with Crippen molar-refractivity contribution in [2.24, 2.45) is 0 Å². The first kappa shape index (κ1) is 22.9. The molecule has 18 heavy (non-hydrogen) atoms. The molecular weight excluding hydrogens is 365 g/mol. The van der Waals surface area contributed by atoms with E-state index in [9.17, 15) is 26.3 Å². The SMILES string of the molecule is O=S(=O)([O-])C(F)(F)F.O=S(=O)([O-])C(F)(F)F.[O]=[V+2]. The first-order chi connectivity index (χ1) is 7.50. The van der Waals surface area contributed by atoms with Gasteiger partial charge in [-0.3, -0.25) is 0 Å². The van der Waals surface area contributed by atoms with E-state index >= 15 is 0 Å². The third-order valence-electron chi connectivity index (χ3n) is 0.567. The summed E-state index contributed by atoms with van der Waals surface area (Å²) in [6, 6.07) is 0. The first-order valence-corrected chi connectivity index (χ1v) is 6.11. The summed E-state index contributed by atoms with van der Waals surface area (Å²) in [6.07, 6.45) is 0. The number of rotatable bonds is 0. The molecule has 0 N–H and O–H groups in total. The van der Waals surface area contributed by atoms with Crippen molar-refractivity contribution in [3.8, 4) is 0 Å². The van der Waals surface area contributed by atoms with Gasteiger partial charge in [0.2, 0.25) is 0 Å². The molecule has 0 radical (unpaired) electrons. The van der Waals surface area contributed by atoms with Gasteiger partial charge in [-0.15, -0.1) is 0 Å². The van der Waals surface area contributed by atoms with Crippen LogP contribution in [0.1, 0.15) is 0 Å². The molecule has 0 bridgehead atoms. The van der Waals surface area contributed by atoms with Crippen LogP contribution in [-0.2, 0) is 41.3 Å². The van der Waals surface area contributed by atoms with Gasteiger partial charge in [0.1, 0.15) is 0 Å². The Kier molecular flexibility index (Phi) is 9.41. The van der Waals surface area contributed by atoms with Gasteiger partial charge in [-0.05, 0) is 0 Å². The summed E-state index contributed by atoms with van der Waals surface area (Å²) < 4.78 is 126. The van der Waals surface area contributed by atoms with Gasteiger partial charge in [-0.25, -0.2) is 16.8 Å². The normalized spacial score (nSPS) is 12.8. The monoisotopic (exact) mass is 365 g/mol. The van der Waals surface area contributed by atoms with E-state index < -0.39 is 31.3 Å². The molecular formula is C2F6O7S2V. The van der Waals surface area contributed by atoms with Crippen LogP contribution in [0.5, 0.6) is 0 Å². The van der Waals surface area contributed by atoms with Crippen LogP contribution in [0.2, 0.25) is 0 Å². The number of hydrogen-bond acceptors (Lipinski definition) is 7. The third-order valence-corrected chi connectivity index (χ3v) is 1.70. The van der Waals surface area contributed by atoms with E-state index in [1.54, 1.807) is 0 Å². The van der Waals surface area contributed by atoms with Gasteiger partial charge in [0.15, 0.2) is 20.2 Å². The van der Waals surface area contributed by atoms with Crippen LogP contribution in [0.3, 0.4) is 0 Å². The molecule has 0 aliphatic heterocycles. The Labute approximate surface area is 105 Å². The second kappa shape index (κ2) is 7.39. The fourth-order valence-corrected chi connectivity index (χ4v) is 0. The van der Waals surface area contributed by atoms with Crippen molar-refractivity contribution in [1.82, 2.24) is 0 Å². The molecule has 0 aliphatic carbocycles. The van der Waals surface area contributed by atoms with Gasteiger partial charge in [-0.2, -0.15) is 26.3 Å². The van der Waals surface area contributed by atoms with E-state index in [1.165, 1.54) is 0 Å². The molecule has 0 amide bonds. The summed E-state index contributed by atoms with van der Waals surface area (Å²) in [6.45, 7) is 0. The molecule has 16 heteroatoms. The topological polar surface area (TPSA) is 131 Å². The van der Waals surface area contributed by atoms with Crippen molar-refractivity contribution >= 4 is 20.2 Å². The average molecular weight is 365 g/mol. The van der Waals surface area contributed by atoms with E-state index in [0.717, 1.165) is 17.4 Å². The number of hydrogen-bond donors (Lipinski definition) is 0. The van der Waals surface area contributed by atoms with E-state index in [1.807, 2.05) is 0 Å².